The number of carbonyl (C=O) groups excluding carboxylic acids is 1. The van der Waals surface area contributed by atoms with Crippen LogP contribution in [0.2, 0.25) is 0 Å². The van der Waals surface area contributed by atoms with Gasteiger partial charge in [-0.15, -0.1) is 5.10 Å². The van der Waals surface area contributed by atoms with E-state index in [4.69, 9.17) is 0 Å². The van der Waals surface area contributed by atoms with Gasteiger partial charge < -0.3 is 10.6 Å². The van der Waals surface area contributed by atoms with Gasteiger partial charge in [-0.2, -0.15) is 5.10 Å². The van der Waals surface area contributed by atoms with Crippen LogP contribution in [0.4, 0.5) is 5.95 Å². The van der Waals surface area contributed by atoms with Crippen LogP contribution in [0.5, 0.6) is 0 Å². The highest BCUT2D eigenvalue weighted by molar-refractivity contribution is 5.83. The maximum Gasteiger partial charge on any atom is 0.243 e. The topological polar surface area (TPSA) is 79.8 Å². The predicted molar refractivity (Wildman–Crippen MR) is 74.9 cm³/mol. The minimum atomic E-state index is -0.388. The van der Waals surface area contributed by atoms with Crippen molar-refractivity contribution in [2.45, 2.75) is 59.5 Å². The summed E-state index contributed by atoms with van der Waals surface area (Å²) < 4.78 is 0. The second-order valence-corrected chi connectivity index (χ2v) is 4.77. The molecular weight excluding hydrogens is 242 g/mol. The third-order valence-electron chi connectivity index (χ3n) is 2.68. The molecule has 0 bridgehead atoms. The number of nitrogens with zero attached hydrogens (tertiary/aromatic N) is 3. The first-order valence-corrected chi connectivity index (χ1v) is 6.77. The summed E-state index contributed by atoms with van der Waals surface area (Å²) in [6.45, 7) is 9.68. The second kappa shape index (κ2) is 7.01. The van der Waals surface area contributed by atoms with E-state index in [1.807, 2.05) is 27.7 Å². The van der Waals surface area contributed by atoms with Crippen molar-refractivity contribution in [1.82, 2.24) is 20.5 Å². The lowest BCUT2D eigenvalue weighted by Crippen LogP contribution is -2.41. The summed E-state index contributed by atoms with van der Waals surface area (Å²) >= 11 is 0. The van der Waals surface area contributed by atoms with E-state index < -0.39 is 0 Å². The summed E-state index contributed by atoms with van der Waals surface area (Å²) in [5.41, 5.74) is 1.84. The molecule has 0 aliphatic rings. The lowest BCUT2D eigenvalue weighted by Gasteiger charge is -2.16. The molecule has 0 fully saturated rings. The van der Waals surface area contributed by atoms with Gasteiger partial charge in [0.05, 0.1) is 11.4 Å². The average Bonchev–Trinajstić information content (AvgIpc) is 2.37. The molecule has 0 aliphatic heterocycles. The molecule has 1 atom stereocenters. The number of carbonyl (C=O) groups is 1. The summed E-state index contributed by atoms with van der Waals surface area (Å²) in [7, 11) is 0. The van der Waals surface area contributed by atoms with Gasteiger partial charge >= 0.3 is 0 Å². The zero-order valence-corrected chi connectivity index (χ0v) is 12.3. The number of aryl methyl sites for hydroxylation is 2. The fraction of sp³-hybridized carbons (Fsp3) is 0.692. The SMILES string of the molecule is CCc1nnc(NC(C)C(=O)NC(C)C)nc1CC. The van der Waals surface area contributed by atoms with E-state index in [0.29, 0.717) is 5.95 Å². The number of hydrogen-bond acceptors (Lipinski definition) is 5. The number of amides is 1. The molecule has 6 heteroatoms. The van der Waals surface area contributed by atoms with Crippen molar-refractivity contribution in [2.75, 3.05) is 5.32 Å². The fourth-order valence-corrected chi connectivity index (χ4v) is 1.67. The van der Waals surface area contributed by atoms with Crippen molar-refractivity contribution in [3.8, 4) is 0 Å². The van der Waals surface area contributed by atoms with E-state index in [2.05, 4.69) is 25.8 Å². The van der Waals surface area contributed by atoms with Gasteiger partial charge in [0.25, 0.3) is 0 Å². The Morgan fingerprint density at radius 1 is 1.11 bits per heavy atom. The molecule has 0 aromatic carbocycles. The van der Waals surface area contributed by atoms with E-state index in [9.17, 15) is 4.79 Å². The molecule has 1 amide bonds. The maximum atomic E-state index is 11.8. The summed E-state index contributed by atoms with van der Waals surface area (Å²) in [4.78, 5) is 16.2. The molecule has 1 aromatic rings. The van der Waals surface area contributed by atoms with Crippen LogP contribution in [0, 0.1) is 0 Å². The van der Waals surface area contributed by atoms with E-state index in [1.165, 1.54) is 0 Å². The molecule has 6 nitrogen and oxygen atoms in total. The van der Waals surface area contributed by atoms with Gasteiger partial charge in [-0.05, 0) is 33.6 Å². The zero-order valence-electron chi connectivity index (χ0n) is 12.3. The predicted octanol–water partition coefficient (Wildman–Crippen LogP) is 1.32. The van der Waals surface area contributed by atoms with Crippen molar-refractivity contribution in [3.05, 3.63) is 11.4 Å². The van der Waals surface area contributed by atoms with E-state index in [1.54, 1.807) is 6.92 Å². The number of aromatic nitrogens is 3. The highest BCUT2D eigenvalue weighted by Gasteiger charge is 2.15. The van der Waals surface area contributed by atoms with Gasteiger partial charge in [0.1, 0.15) is 6.04 Å². The van der Waals surface area contributed by atoms with Gasteiger partial charge in [-0.25, -0.2) is 4.98 Å². The normalized spacial score (nSPS) is 12.3. The monoisotopic (exact) mass is 265 g/mol. The minimum absolute atomic E-state index is 0.0729. The molecule has 19 heavy (non-hydrogen) atoms. The summed E-state index contributed by atoms with van der Waals surface area (Å²) in [6, 6.07) is -0.272. The van der Waals surface area contributed by atoms with Crippen LogP contribution in [0.25, 0.3) is 0 Å². The molecule has 2 N–H and O–H groups in total. The van der Waals surface area contributed by atoms with Crippen molar-refractivity contribution in [2.24, 2.45) is 0 Å². The molecule has 106 valence electrons. The molecule has 0 radical (unpaired) electrons. The first-order chi connectivity index (χ1) is 8.97. The second-order valence-electron chi connectivity index (χ2n) is 4.77. The Morgan fingerprint density at radius 2 is 1.74 bits per heavy atom. The van der Waals surface area contributed by atoms with E-state index in [0.717, 1.165) is 24.2 Å². The number of nitrogens with one attached hydrogen (secondary N) is 2. The molecule has 1 aromatic heterocycles. The Bertz CT molecular complexity index is 433. The van der Waals surface area contributed by atoms with Gasteiger partial charge in [0.15, 0.2) is 0 Å². The lowest BCUT2D eigenvalue weighted by molar-refractivity contribution is -0.122. The van der Waals surface area contributed by atoms with Gasteiger partial charge in [0.2, 0.25) is 11.9 Å². The molecule has 0 saturated carbocycles. The fourth-order valence-electron chi connectivity index (χ4n) is 1.67. The largest absolute Gasteiger partial charge is 0.352 e. The third kappa shape index (κ3) is 4.46. The Hall–Kier alpha value is -1.72. The Balaban J connectivity index is 2.74. The van der Waals surface area contributed by atoms with Crippen LogP contribution < -0.4 is 10.6 Å². The smallest absolute Gasteiger partial charge is 0.243 e. The number of anilines is 1. The third-order valence-corrected chi connectivity index (χ3v) is 2.68. The molecule has 0 spiro atoms. The van der Waals surface area contributed by atoms with Crippen LogP contribution in [0.1, 0.15) is 46.0 Å². The van der Waals surface area contributed by atoms with Crippen molar-refractivity contribution in [1.29, 1.82) is 0 Å². The van der Waals surface area contributed by atoms with Crippen molar-refractivity contribution in [3.63, 3.8) is 0 Å². The zero-order chi connectivity index (χ0) is 14.4. The van der Waals surface area contributed by atoms with E-state index in [-0.39, 0.29) is 18.0 Å². The lowest BCUT2D eigenvalue weighted by atomic mass is 10.2. The number of rotatable bonds is 6. The summed E-state index contributed by atoms with van der Waals surface area (Å²) in [6.07, 6.45) is 1.62. The van der Waals surface area contributed by atoms with Gasteiger partial charge in [-0.1, -0.05) is 13.8 Å². The van der Waals surface area contributed by atoms with Crippen molar-refractivity contribution >= 4 is 11.9 Å². The highest BCUT2D eigenvalue weighted by Crippen LogP contribution is 2.07. The van der Waals surface area contributed by atoms with E-state index >= 15 is 0 Å². The number of hydrogen-bond donors (Lipinski definition) is 2. The maximum absolute atomic E-state index is 11.8. The quantitative estimate of drug-likeness (QED) is 0.811. The minimum Gasteiger partial charge on any atom is -0.352 e. The highest BCUT2D eigenvalue weighted by atomic mass is 16.2. The van der Waals surface area contributed by atoms with Crippen LogP contribution in [0.3, 0.4) is 0 Å². The summed E-state index contributed by atoms with van der Waals surface area (Å²) in [5, 5.41) is 14.0. The molecule has 1 unspecified atom stereocenters. The molecule has 1 rings (SSSR count). The van der Waals surface area contributed by atoms with Crippen LogP contribution >= 0.6 is 0 Å². The van der Waals surface area contributed by atoms with Gasteiger partial charge in [-0.3, -0.25) is 4.79 Å². The first kappa shape index (κ1) is 15.3. The standard InChI is InChI=1S/C13H23N5O/c1-6-10-11(7-2)17-18-13(16-10)15-9(5)12(19)14-8(3)4/h8-9H,6-7H2,1-5H3,(H,14,19)(H,15,16,18). The Kier molecular flexibility index (Phi) is 5.66. The van der Waals surface area contributed by atoms with Crippen LogP contribution in [0.15, 0.2) is 0 Å². The Labute approximate surface area is 114 Å². The summed E-state index contributed by atoms with van der Waals surface area (Å²) in [5.74, 6) is 0.330. The molecular formula is C13H23N5O. The molecule has 0 aliphatic carbocycles. The van der Waals surface area contributed by atoms with Crippen LogP contribution in [-0.4, -0.2) is 33.2 Å². The molecule has 1 heterocycles. The van der Waals surface area contributed by atoms with Crippen molar-refractivity contribution < 1.29 is 4.79 Å². The van der Waals surface area contributed by atoms with Gasteiger partial charge in [0, 0.05) is 6.04 Å². The first-order valence-electron chi connectivity index (χ1n) is 6.77. The van der Waals surface area contributed by atoms with Crippen LogP contribution in [-0.2, 0) is 17.6 Å². The Morgan fingerprint density at radius 3 is 2.26 bits per heavy atom. The molecule has 0 saturated heterocycles. The average molecular weight is 265 g/mol.